The normalized spacial score (nSPS) is 17.4. The summed E-state index contributed by atoms with van der Waals surface area (Å²) in [5.74, 6) is 0. The van der Waals surface area contributed by atoms with Crippen LogP contribution in [0.4, 0.5) is 4.79 Å². The van der Waals surface area contributed by atoms with Crippen molar-refractivity contribution in [3.63, 3.8) is 0 Å². The molecular formula is C15H25N3O2. The van der Waals surface area contributed by atoms with Crippen LogP contribution in [0.5, 0.6) is 0 Å². The third kappa shape index (κ3) is 3.52. The number of nitrogens with zero attached hydrogens (tertiary/aromatic N) is 2. The summed E-state index contributed by atoms with van der Waals surface area (Å²) in [4.78, 5) is 15.8. The molecule has 0 unspecified atom stereocenters. The minimum Gasteiger partial charge on any atom is -0.444 e. The van der Waals surface area contributed by atoms with Gasteiger partial charge < -0.3 is 14.6 Å². The van der Waals surface area contributed by atoms with Crippen LogP contribution in [0.2, 0.25) is 0 Å². The van der Waals surface area contributed by atoms with E-state index in [-0.39, 0.29) is 11.6 Å². The molecule has 1 aromatic rings. The molecule has 0 atom stereocenters. The number of amides is 1. The first kappa shape index (κ1) is 14.9. The molecule has 1 fully saturated rings. The van der Waals surface area contributed by atoms with E-state index in [0.717, 1.165) is 6.42 Å². The Hall–Kier alpha value is -1.52. The van der Waals surface area contributed by atoms with Gasteiger partial charge in [0.25, 0.3) is 0 Å². The standard InChI is InChI=1S/C15H25N3O2/c1-14(2,3)20-13(19)17-9-6-12-10-16-11-18(12)15(4)7-5-8-15/h10-11H,5-9H2,1-4H3,(H,17,19). The topological polar surface area (TPSA) is 56.1 Å². The highest BCUT2D eigenvalue weighted by Crippen LogP contribution is 2.39. The van der Waals surface area contributed by atoms with Crippen LogP contribution < -0.4 is 5.32 Å². The highest BCUT2D eigenvalue weighted by molar-refractivity contribution is 5.67. The lowest BCUT2D eigenvalue weighted by Crippen LogP contribution is -2.38. The molecule has 1 aromatic heterocycles. The average molecular weight is 279 g/mol. The van der Waals surface area contributed by atoms with Gasteiger partial charge in [-0.2, -0.15) is 0 Å². The van der Waals surface area contributed by atoms with Crippen LogP contribution in [-0.2, 0) is 16.7 Å². The molecule has 0 bridgehead atoms. The van der Waals surface area contributed by atoms with Crippen molar-refractivity contribution in [3.8, 4) is 0 Å². The van der Waals surface area contributed by atoms with E-state index >= 15 is 0 Å². The number of carbonyl (C=O) groups excluding carboxylic acids is 1. The van der Waals surface area contributed by atoms with Crippen molar-refractivity contribution in [2.45, 2.75) is 64.5 Å². The largest absolute Gasteiger partial charge is 0.444 e. The minimum atomic E-state index is -0.453. The highest BCUT2D eigenvalue weighted by Gasteiger charge is 2.34. The Morgan fingerprint density at radius 2 is 2.20 bits per heavy atom. The Bertz CT molecular complexity index is 470. The van der Waals surface area contributed by atoms with E-state index < -0.39 is 5.60 Å². The summed E-state index contributed by atoms with van der Waals surface area (Å²) in [6, 6.07) is 0. The Kier molecular flexibility index (Phi) is 4.06. The Morgan fingerprint density at radius 1 is 1.50 bits per heavy atom. The molecule has 0 radical (unpaired) electrons. The molecule has 1 aliphatic rings. The summed E-state index contributed by atoms with van der Waals surface area (Å²) in [5, 5.41) is 2.79. The molecule has 0 aliphatic heterocycles. The summed E-state index contributed by atoms with van der Waals surface area (Å²) in [6.07, 6.45) is 7.89. The van der Waals surface area contributed by atoms with Gasteiger partial charge in [-0.05, 0) is 47.0 Å². The third-order valence-corrected chi connectivity index (χ3v) is 3.78. The fourth-order valence-corrected chi connectivity index (χ4v) is 2.53. The van der Waals surface area contributed by atoms with E-state index in [1.165, 1.54) is 25.0 Å². The minimum absolute atomic E-state index is 0.220. The number of hydrogen-bond donors (Lipinski definition) is 1. The molecule has 20 heavy (non-hydrogen) atoms. The lowest BCUT2D eigenvalue weighted by Gasteiger charge is -2.40. The fraction of sp³-hybridized carbons (Fsp3) is 0.733. The summed E-state index contributed by atoms with van der Waals surface area (Å²) in [6.45, 7) is 8.41. The van der Waals surface area contributed by atoms with Crippen LogP contribution in [0, 0.1) is 0 Å². The fourth-order valence-electron chi connectivity index (χ4n) is 2.53. The number of nitrogens with one attached hydrogen (secondary N) is 1. The van der Waals surface area contributed by atoms with Gasteiger partial charge in [0.05, 0.1) is 6.33 Å². The van der Waals surface area contributed by atoms with Crippen molar-refractivity contribution < 1.29 is 9.53 Å². The van der Waals surface area contributed by atoms with Crippen LogP contribution in [0.3, 0.4) is 0 Å². The van der Waals surface area contributed by atoms with Crippen LogP contribution in [-0.4, -0.2) is 27.8 Å². The van der Waals surface area contributed by atoms with E-state index in [1.54, 1.807) is 0 Å². The molecule has 2 rings (SSSR count). The van der Waals surface area contributed by atoms with Gasteiger partial charge in [0.1, 0.15) is 5.60 Å². The number of aromatic nitrogens is 2. The molecule has 112 valence electrons. The number of imidazole rings is 1. The van der Waals surface area contributed by atoms with Gasteiger partial charge in [0.15, 0.2) is 0 Å². The monoisotopic (exact) mass is 279 g/mol. The zero-order valence-corrected chi connectivity index (χ0v) is 12.9. The van der Waals surface area contributed by atoms with Gasteiger partial charge in [-0.15, -0.1) is 0 Å². The number of hydrogen-bond acceptors (Lipinski definition) is 3. The van der Waals surface area contributed by atoms with Gasteiger partial charge >= 0.3 is 6.09 Å². The molecule has 1 aliphatic carbocycles. The van der Waals surface area contributed by atoms with E-state index in [0.29, 0.717) is 6.54 Å². The zero-order chi connectivity index (χ0) is 14.8. The quantitative estimate of drug-likeness (QED) is 0.922. The molecule has 1 saturated carbocycles. The Morgan fingerprint density at radius 3 is 2.75 bits per heavy atom. The molecule has 0 spiro atoms. The van der Waals surface area contributed by atoms with Crippen molar-refractivity contribution >= 4 is 6.09 Å². The first-order valence-electron chi connectivity index (χ1n) is 7.29. The van der Waals surface area contributed by atoms with Crippen LogP contribution in [0.1, 0.15) is 52.7 Å². The van der Waals surface area contributed by atoms with Crippen molar-refractivity contribution in [1.29, 1.82) is 0 Å². The predicted molar refractivity (Wildman–Crippen MR) is 77.7 cm³/mol. The van der Waals surface area contributed by atoms with E-state index in [9.17, 15) is 4.79 Å². The molecule has 5 heteroatoms. The van der Waals surface area contributed by atoms with Crippen molar-refractivity contribution in [2.75, 3.05) is 6.54 Å². The zero-order valence-electron chi connectivity index (χ0n) is 12.9. The number of carbonyl (C=O) groups is 1. The van der Waals surface area contributed by atoms with Gasteiger partial charge in [-0.25, -0.2) is 9.78 Å². The summed E-state index contributed by atoms with van der Waals surface area (Å²) >= 11 is 0. The molecule has 0 aromatic carbocycles. The van der Waals surface area contributed by atoms with Crippen molar-refractivity contribution in [2.24, 2.45) is 0 Å². The summed E-state index contributed by atoms with van der Waals surface area (Å²) in [7, 11) is 0. The molecule has 0 saturated heterocycles. The van der Waals surface area contributed by atoms with Crippen LogP contribution >= 0.6 is 0 Å². The number of alkyl carbamates (subject to hydrolysis) is 1. The summed E-state index contributed by atoms with van der Waals surface area (Å²) < 4.78 is 7.47. The van der Waals surface area contributed by atoms with E-state index in [1.807, 2.05) is 33.3 Å². The molecule has 1 heterocycles. The summed E-state index contributed by atoms with van der Waals surface area (Å²) in [5.41, 5.74) is 0.937. The molecule has 1 N–H and O–H groups in total. The smallest absolute Gasteiger partial charge is 0.407 e. The van der Waals surface area contributed by atoms with Gasteiger partial charge in [-0.3, -0.25) is 0 Å². The highest BCUT2D eigenvalue weighted by atomic mass is 16.6. The van der Waals surface area contributed by atoms with Gasteiger partial charge in [0, 0.05) is 30.4 Å². The number of rotatable bonds is 4. The van der Waals surface area contributed by atoms with Gasteiger partial charge in [-0.1, -0.05) is 0 Å². The van der Waals surface area contributed by atoms with Crippen LogP contribution in [0.25, 0.3) is 0 Å². The first-order chi connectivity index (χ1) is 9.30. The second kappa shape index (κ2) is 5.46. The van der Waals surface area contributed by atoms with Crippen LogP contribution in [0.15, 0.2) is 12.5 Å². The maximum Gasteiger partial charge on any atom is 0.407 e. The van der Waals surface area contributed by atoms with E-state index in [2.05, 4.69) is 21.8 Å². The maximum atomic E-state index is 11.6. The van der Waals surface area contributed by atoms with Crippen molar-refractivity contribution in [1.82, 2.24) is 14.9 Å². The van der Waals surface area contributed by atoms with E-state index in [4.69, 9.17) is 4.74 Å². The first-order valence-corrected chi connectivity index (χ1v) is 7.29. The second-order valence-electron chi connectivity index (χ2n) is 6.78. The lowest BCUT2D eigenvalue weighted by atomic mass is 9.78. The van der Waals surface area contributed by atoms with Crippen molar-refractivity contribution in [3.05, 3.63) is 18.2 Å². The maximum absolute atomic E-state index is 11.6. The second-order valence-corrected chi connectivity index (χ2v) is 6.78. The molecular weight excluding hydrogens is 254 g/mol. The SMILES string of the molecule is CC(C)(C)OC(=O)NCCc1cncn1C1(C)CCC1. The average Bonchev–Trinajstić information content (AvgIpc) is 2.72. The lowest BCUT2D eigenvalue weighted by molar-refractivity contribution is 0.0528. The molecule has 5 nitrogen and oxygen atoms in total. The Labute approximate surface area is 120 Å². The Balaban J connectivity index is 1.83. The molecule has 1 amide bonds. The van der Waals surface area contributed by atoms with Gasteiger partial charge in [0.2, 0.25) is 0 Å². The number of ether oxygens (including phenoxy) is 1. The third-order valence-electron chi connectivity index (χ3n) is 3.78. The predicted octanol–water partition coefficient (Wildman–Crippen LogP) is 2.85.